The Kier molecular flexibility index (Phi) is 4.06. The van der Waals surface area contributed by atoms with Crippen LogP contribution in [-0.4, -0.2) is 24.4 Å². The molecule has 0 atom stereocenters. The van der Waals surface area contributed by atoms with E-state index >= 15 is 0 Å². The minimum atomic E-state index is -0.218. The Balaban J connectivity index is 1.87. The van der Waals surface area contributed by atoms with Crippen molar-refractivity contribution in [1.82, 2.24) is 0 Å². The Morgan fingerprint density at radius 1 is 1.22 bits per heavy atom. The van der Waals surface area contributed by atoms with E-state index < -0.39 is 0 Å². The summed E-state index contributed by atoms with van der Waals surface area (Å²) in [6, 6.07) is 5.71. The molecule has 0 unspecified atom stereocenters. The number of hydrogen-bond donors (Lipinski definition) is 1. The number of carbonyl (C=O) groups is 3. The van der Waals surface area contributed by atoms with Gasteiger partial charge in [-0.1, -0.05) is 29.9 Å². The lowest BCUT2D eigenvalue weighted by Gasteiger charge is -2.18. The number of hydrogen-bond acceptors (Lipinski definition) is 4. The molecule has 2 aliphatic carbocycles. The molecule has 0 aliphatic heterocycles. The molecule has 0 saturated carbocycles. The van der Waals surface area contributed by atoms with Gasteiger partial charge in [-0.15, -0.1) is 0 Å². The molecule has 0 bridgehead atoms. The summed E-state index contributed by atoms with van der Waals surface area (Å²) in [4.78, 5) is 36.2. The van der Waals surface area contributed by atoms with Gasteiger partial charge >= 0.3 is 0 Å². The van der Waals surface area contributed by atoms with E-state index in [0.29, 0.717) is 0 Å². The summed E-state index contributed by atoms with van der Waals surface area (Å²) in [5, 5.41) is 3.07. The lowest BCUT2D eigenvalue weighted by atomic mass is 9.86. The van der Waals surface area contributed by atoms with Gasteiger partial charge in [0.1, 0.15) is 0 Å². The molecule has 3 rings (SSSR count). The zero-order valence-corrected chi connectivity index (χ0v) is 12.9. The van der Waals surface area contributed by atoms with Gasteiger partial charge in [-0.2, -0.15) is 0 Å². The van der Waals surface area contributed by atoms with Gasteiger partial charge in [0.05, 0.1) is 5.57 Å². The lowest BCUT2D eigenvalue weighted by Crippen LogP contribution is -2.20. The molecule has 1 aromatic carbocycles. The van der Waals surface area contributed by atoms with Crippen LogP contribution in [0.2, 0.25) is 0 Å². The maximum atomic E-state index is 12.5. The standard InChI is InChI=1S/C19H17NO3/c1-20-17-7-3-5-13-10-16(19(23)11-15(13)17)18(22)9-12-4-2-6-14(21)8-12/h2-7,10,20H,8-9,11H2,1H3. The number of Topliss-reactive ketones (excluding diaryl/α,β-unsaturated/α-hetero) is 2. The van der Waals surface area contributed by atoms with Crippen molar-refractivity contribution in [2.24, 2.45) is 0 Å². The molecule has 4 heteroatoms. The van der Waals surface area contributed by atoms with E-state index in [0.717, 1.165) is 22.4 Å². The molecular formula is C19H17NO3. The highest BCUT2D eigenvalue weighted by atomic mass is 16.1. The fourth-order valence-electron chi connectivity index (χ4n) is 2.96. The summed E-state index contributed by atoms with van der Waals surface area (Å²) < 4.78 is 0. The second kappa shape index (κ2) is 6.16. The van der Waals surface area contributed by atoms with E-state index in [-0.39, 0.29) is 42.2 Å². The Morgan fingerprint density at radius 2 is 2.04 bits per heavy atom. The zero-order chi connectivity index (χ0) is 16.4. The fourth-order valence-corrected chi connectivity index (χ4v) is 2.96. The third-order valence-corrected chi connectivity index (χ3v) is 4.12. The first kappa shape index (κ1) is 15.2. The van der Waals surface area contributed by atoms with Crippen molar-refractivity contribution in [3.8, 4) is 0 Å². The minimum absolute atomic E-state index is 0.0109. The Labute approximate surface area is 134 Å². The molecule has 23 heavy (non-hydrogen) atoms. The monoisotopic (exact) mass is 307 g/mol. The van der Waals surface area contributed by atoms with E-state index in [1.165, 1.54) is 6.08 Å². The Bertz CT molecular complexity index is 797. The summed E-state index contributed by atoms with van der Waals surface area (Å²) in [6.45, 7) is 0. The molecule has 0 spiro atoms. The van der Waals surface area contributed by atoms with Gasteiger partial charge in [-0.25, -0.2) is 0 Å². The Morgan fingerprint density at radius 3 is 2.78 bits per heavy atom. The van der Waals surface area contributed by atoms with Crippen LogP contribution in [0.15, 0.2) is 47.6 Å². The number of fused-ring (bicyclic) bond motifs is 1. The van der Waals surface area contributed by atoms with Crippen LogP contribution >= 0.6 is 0 Å². The molecule has 0 heterocycles. The molecule has 0 radical (unpaired) electrons. The van der Waals surface area contributed by atoms with Crippen molar-refractivity contribution >= 4 is 29.1 Å². The van der Waals surface area contributed by atoms with Crippen molar-refractivity contribution < 1.29 is 14.4 Å². The van der Waals surface area contributed by atoms with Gasteiger partial charge < -0.3 is 5.32 Å². The maximum Gasteiger partial charge on any atom is 0.170 e. The highest BCUT2D eigenvalue weighted by molar-refractivity contribution is 6.25. The smallest absolute Gasteiger partial charge is 0.170 e. The number of ketones is 3. The molecule has 116 valence electrons. The highest BCUT2D eigenvalue weighted by Gasteiger charge is 2.26. The summed E-state index contributed by atoms with van der Waals surface area (Å²) in [5.74, 6) is -0.392. The van der Waals surface area contributed by atoms with Crippen molar-refractivity contribution in [2.75, 3.05) is 12.4 Å². The van der Waals surface area contributed by atoms with Crippen molar-refractivity contribution in [3.63, 3.8) is 0 Å². The molecule has 4 nitrogen and oxygen atoms in total. The van der Waals surface area contributed by atoms with Gasteiger partial charge in [0, 0.05) is 32.0 Å². The quantitative estimate of drug-likeness (QED) is 0.869. The molecule has 0 fully saturated rings. The molecule has 2 aliphatic rings. The average Bonchev–Trinajstić information content (AvgIpc) is 2.53. The van der Waals surface area contributed by atoms with Gasteiger partial charge in [-0.05, 0) is 29.3 Å². The third-order valence-electron chi connectivity index (χ3n) is 4.12. The van der Waals surface area contributed by atoms with Crippen LogP contribution in [-0.2, 0) is 20.8 Å². The fraction of sp³-hybridized carbons (Fsp3) is 0.211. The van der Waals surface area contributed by atoms with Crippen LogP contribution in [0.1, 0.15) is 24.0 Å². The van der Waals surface area contributed by atoms with E-state index in [1.54, 1.807) is 18.2 Å². The average molecular weight is 307 g/mol. The third kappa shape index (κ3) is 3.06. The topological polar surface area (TPSA) is 63.2 Å². The van der Waals surface area contributed by atoms with Crippen LogP contribution in [0.5, 0.6) is 0 Å². The SMILES string of the molecule is CNc1cccc2c1CC(=O)C(C(=O)CC1=CC=CC(=O)C1)=C2. The number of allylic oxidation sites excluding steroid dienone is 5. The Hall–Kier alpha value is -2.75. The number of nitrogens with one attached hydrogen (secondary N) is 1. The van der Waals surface area contributed by atoms with Crippen molar-refractivity contribution in [3.05, 3.63) is 58.7 Å². The molecular weight excluding hydrogens is 290 g/mol. The minimum Gasteiger partial charge on any atom is -0.388 e. The maximum absolute atomic E-state index is 12.5. The molecule has 0 amide bonds. The first-order valence-electron chi connectivity index (χ1n) is 7.55. The predicted molar refractivity (Wildman–Crippen MR) is 89.1 cm³/mol. The first-order valence-corrected chi connectivity index (χ1v) is 7.55. The number of carbonyl (C=O) groups excluding carboxylic acids is 3. The predicted octanol–water partition coefficient (Wildman–Crippen LogP) is 2.65. The first-order chi connectivity index (χ1) is 11.1. The zero-order valence-electron chi connectivity index (χ0n) is 12.9. The van der Waals surface area contributed by atoms with Gasteiger partial charge in [0.2, 0.25) is 0 Å². The molecule has 0 saturated heterocycles. The van der Waals surface area contributed by atoms with Gasteiger partial charge in [-0.3, -0.25) is 14.4 Å². The molecule has 0 aromatic heterocycles. The summed E-state index contributed by atoms with van der Waals surface area (Å²) in [5.41, 5.74) is 3.71. The van der Waals surface area contributed by atoms with E-state index in [1.807, 2.05) is 25.2 Å². The second-order valence-electron chi connectivity index (χ2n) is 5.71. The summed E-state index contributed by atoms with van der Waals surface area (Å²) in [6.07, 6.45) is 7.20. The number of anilines is 1. The summed E-state index contributed by atoms with van der Waals surface area (Å²) in [7, 11) is 1.81. The second-order valence-corrected chi connectivity index (χ2v) is 5.71. The van der Waals surface area contributed by atoms with Crippen LogP contribution in [0, 0.1) is 0 Å². The van der Waals surface area contributed by atoms with Crippen LogP contribution in [0.3, 0.4) is 0 Å². The largest absolute Gasteiger partial charge is 0.388 e. The van der Waals surface area contributed by atoms with Gasteiger partial charge in [0.15, 0.2) is 17.3 Å². The van der Waals surface area contributed by atoms with Gasteiger partial charge in [0.25, 0.3) is 0 Å². The van der Waals surface area contributed by atoms with Crippen LogP contribution < -0.4 is 5.32 Å². The normalized spacial score (nSPS) is 16.6. The van der Waals surface area contributed by atoms with E-state index in [9.17, 15) is 14.4 Å². The van der Waals surface area contributed by atoms with Crippen molar-refractivity contribution in [1.29, 1.82) is 0 Å². The van der Waals surface area contributed by atoms with Crippen molar-refractivity contribution in [2.45, 2.75) is 19.3 Å². The number of benzene rings is 1. The molecule has 1 N–H and O–H groups in total. The lowest BCUT2D eigenvalue weighted by molar-refractivity contribution is -0.120. The van der Waals surface area contributed by atoms with E-state index in [2.05, 4.69) is 5.32 Å². The highest BCUT2D eigenvalue weighted by Crippen LogP contribution is 2.29. The molecule has 1 aromatic rings. The van der Waals surface area contributed by atoms with Crippen LogP contribution in [0.4, 0.5) is 5.69 Å². The van der Waals surface area contributed by atoms with Crippen LogP contribution in [0.25, 0.3) is 6.08 Å². The summed E-state index contributed by atoms with van der Waals surface area (Å²) >= 11 is 0. The number of rotatable bonds is 4. The van der Waals surface area contributed by atoms with E-state index in [4.69, 9.17) is 0 Å².